The largest absolute Gasteiger partial charge is 0.473 e. The normalized spacial score (nSPS) is 23.5. The lowest BCUT2D eigenvalue weighted by Crippen LogP contribution is -2.36. The van der Waals surface area contributed by atoms with Crippen LogP contribution < -0.4 is 5.73 Å². The predicted molar refractivity (Wildman–Crippen MR) is 70.6 cm³/mol. The van der Waals surface area contributed by atoms with Crippen LogP contribution >= 0.6 is 0 Å². The maximum Gasteiger partial charge on any atom is 0.213 e. The van der Waals surface area contributed by atoms with E-state index in [0.29, 0.717) is 12.5 Å². The molecule has 3 heteroatoms. The van der Waals surface area contributed by atoms with Crippen molar-refractivity contribution in [3.63, 3.8) is 0 Å². The van der Waals surface area contributed by atoms with Gasteiger partial charge in [0, 0.05) is 5.57 Å². The molecular weight excluding hydrogens is 212 g/mol. The van der Waals surface area contributed by atoms with E-state index in [9.17, 15) is 0 Å². The summed E-state index contributed by atoms with van der Waals surface area (Å²) in [6, 6.07) is 9.97. The number of nitrogens with two attached hydrogens (primary N) is 1. The van der Waals surface area contributed by atoms with Crippen LogP contribution in [0.4, 0.5) is 0 Å². The third-order valence-corrected chi connectivity index (χ3v) is 2.48. The summed E-state index contributed by atoms with van der Waals surface area (Å²) in [7, 11) is 0. The van der Waals surface area contributed by atoms with Crippen molar-refractivity contribution in [2.75, 3.05) is 6.61 Å². The molecule has 1 aromatic carbocycles. The zero-order chi connectivity index (χ0) is 12.3. The minimum absolute atomic E-state index is 0.360. The molecule has 1 aliphatic rings. The Balaban J connectivity index is 2.14. The van der Waals surface area contributed by atoms with Crippen LogP contribution in [0.2, 0.25) is 0 Å². The highest BCUT2D eigenvalue weighted by atomic mass is 16.5. The van der Waals surface area contributed by atoms with Crippen molar-refractivity contribution < 1.29 is 4.74 Å². The summed E-state index contributed by atoms with van der Waals surface area (Å²) in [6.07, 6.45) is 3.81. The third-order valence-electron chi connectivity index (χ3n) is 2.48. The number of rotatable bonds is 3. The van der Waals surface area contributed by atoms with Crippen LogP contribution in [0.3, 0.4) is 0 Å². The van der Waals surface area contributed by atoms with Gasteiger partial charge in [-0.25, -0.2) is 4.99 Å². The van der Waals surface area contributed by atoms with Crippen LogP contribution in [0, 0.1) is 0 Å². The molecule has 1 heterocycles. The molecule has 3 nitrogen and oxygen atoms in total. The monoisotopic (exact) mass is 228 g/mol. The van der Waals surface area contributed by atoms with Crippen molar-refractivity contribution in [3.8, 4) is 0 Å². The molecule has 0 spiro atoms. The second-order valence-corrected chi connectivity index (χ2v) is 4.22. The van der Waals surface area contributed by atoms with E-state index >= 15 is 0 Å². The Kier molecular flexibility index (Phi) is 3.11. The highest BCUT2D eigenvalue weighted by Gasteiger charge is 2.29. The Morgan fingerprint density at radius 2 is 2.18 bits per heavy atom. The van der Waals surface area contributed by atoms with Crippen molar-refractivity contribution in [1.82, 2.24) is 0 Å². The van der Waals surface area contributed by atoms with Gasteiger partial charge < -0.3 is 10.5 Å². The van der Waals surface area contributed by atoms with E-state index in [-0.39, 0.29) is 0 Å². The van der Waals surface area contributed by atoms with Crippen molar-refractivity contribution in [3.05, 3.63) is 54.1 Å². The summed E-state index contributed by atoms with van der Waals surface area (Å²) in [5.41, 5.74) is 7.21. The minimum Gasteiger partial charge on any atom is -0.473 e. The highest BCUT2D eigenvalue weighted by molar-refractivity contribution is 5.93. The summed E-state index contributed by atoms with van der Waals surface area (Å²) in [6.45, 7) is 6.00. The first-order valence-electron chi connectivity index (χ1n) is 5.51. The first-order valence-corrected chi connectivity index (χ1v) is 5.51. The Labute approximate surface area is 101 Å². The van der Waals surface area contributed by atoms with Crippen molar-refractivity contribution in [1.29, 1.82) is 0 Å². The molecule has 0 saturated heterocycles. The molecule has 1 unspecified atom stereocenters. The van der Waals surface area contributed by atoms with Gasteiger partial charge in [-0.3, -0.25) is 0 Å². The number of hydrogen-bond donors (Lipinski definition) is 1. The summed E-state index contributed by atoms with van der Waals surface area (Å²) in [5.74, 6) is 0.546. The van der Waals surface area contributed by atoms with E-state index in [1.54, 1.807) is 0 Å². The lowest BCUT2D eigenvalue weighted by atomic mass is 10.1. The molecule has 0 saturated carbocycles. The van der Waals surface area contributed by atoms with Crippen LogP contribution in [0.25, 0.3) is 6.08 Å². The lowest BCUT2D eigenvalue weighted by Gasteiger charge is -2.12. The average molecular weight is 228 g/mol. The minimum atomic E-state index is -0.774. The van der Waals surface area contributed by atoms with Crippen LogP contribution in [0.15, 0.2) is 53.6 Å². The smallest absolute Gasteiger partial charge is 0.213 e. The molecule has 1 aromatic rings. The van der Waals surface area contributed by atoms with Gasteiger partial charge in [0.05, 0.1) is 0 Å². The van der Waals surface area contributed by atoms with E-state index in [4.69, 9.17) is 10.5 Å². The van der Waals surface area contributed by atoms with Gasteiger partial charge in [-0.2, -0.15) is 0 Å². The van der Waals surface area contributed by atoms with Crippen LogP contribution in [0.5, 0.6) is 0 Å². The first-order chi connectivity index (χ1) is 8.09. The summed E-state index contributed by atoms with van der Waals surface area (Å²) in [4.78, 5) is 4.32. The Morgan fingerprint density at radius 3 is 2.76 bits per heavy atom. The topological polar surface area (TPSA) is 47.6 Å². The number of hydrogen-bond acceptors (Lipinski definition) is 3. The maximum absolute atomic E-state index is 6.09. The van der Waals surface area contributed by atoms with E-state index < -0.39 is 5.66 Å². The maximum atomic E-state index is 6.09. The fourth-order valence-corrected chi connectivity index (χ4v) is 1.55. The molecule has 2 N–H and O–H groups in total. The van der Waals surface area contributed by atoms with Gasteiger partial charge in [0.25, 0.3) is 0 Å². The SMILES string of the molecule is C=C(C)C1=NC(N)(C=Cc2ccccc2)CO1. The Morgan fingerprint density at radius 1 is 1.47 bits per heavy atom. The van der Waals surface area contributed by atoms with Gasteiger partial charge in [0.2, 0.25) is 5.90 Å². The summed E-state index contributed by atoms with van der Waals surface area (Å²) >= 11 is 0. The molecule has 1 atom stereocenters. The second-order valence-electron chi connectivity index (χ2n) is 4.22. The fourth-order valence-electron chi connectivity index (χ4n) is 1.55. The fraction of sp³-hybridized carbons (Fsp3) is 0.214. The predicted octanol–water partition coefficient (Wildman–Crippen LogP) is 2.36. The molecule has 0 radical (unpaired) electrons. The van der Waals surface area contributed by atoms with E-state index in [1.165, 1.54) is 0 Å². The van der Waals surface area contributed by atoms with Gasteiger partial charge >= 0.3 is 0 Å². The number of ether oxygens (including phenoxy) is 1. The first kappa shape index (κ1) is 11.6. The molecule has 0 aromatic heterocycles. The molecular formula is C14H16N2O. The summed E-state index contributed by atoms with van der Waals surface area (Å²) < 4.78 is 5.39. The van der Waals surface area contributed by atoms with Crippen LogP contribution in [-0.4, -0.2) is 18.2 Å². The van der Waals surface area contributed by atoms with Gasteiger partial charge in [-0.15, -0.1) is 0 Å². The highest BCUT2D eigenvalue weighted by Crippen LogP contribution is 2.18. The molecule has 2 rings (SSSR count). The van der Waals surface area contributed by atoms with Crippen LogP contribution in [0.1, 0.15) is 12.5 Å². The summed E-state index contributed by atoms with van der Waals surface area (Å²) in [5, 5.41) is 0. The van der Waals surface area contributed by atoms with E-state index in [0.717, 1.165) is 11.1 Å². The number of benzene rings is 1. The van der Waals surface area contributed by atoms with E-state index in [1.807, 2.05) is 49.4 Å². The lowest BCUT2D eigenvalue weighted by molar-refractivity contribution is 0.288. The van der Waals surface area contributed by atoms with Gasteiger partial charge in [-0.05, 0) is 18.6 Å². The van der Waals surface area contributed by atoms with Gasteiger partial charge in [-0.1, -0.05) is 43.0 Å². The average Bonchev–Trinajstić information content (AvgIpc) is 2.72. The van der Waals surface area contributed by atoms with Crippen molar-refractivity contribution in [2.45, 2.75) is 12.6 Å². The zero-order valence-corrected chi connectivity index (χ0v) is 9.89. The molecule has 0 fully saturated rings. The number of nitrogens with zero attached hydrogens (tertiary/aromatic N) is 1. The molecule has 0 aliphatic carbocycles. The zero-order valence-electron chi connectivity index (χ0n) is 9.89. The quantitative estimate of drug-likeness (QED) is 0.863. The van der Waals surface area contributed by atoms with Crippen molar-refractivity contribution >= 4 is 12.0 Å². The van der Waals surface area contributed by atoms with Crippen LogP contribution in [-0.2, 0) is 4.74 Å². The van der Waals surface area contributed by atoms with Gasteiger partial charge in [0.1, 0.15) is 6.61 Å². The van der Waals surface area contributed by atoms with Gasteiger partial charge in [0.15, 0.2) is 5.66 Å². The molecule has 88 valence electrons. The standard InChI is InChI=1S/C14H16N2O/c1-11(2)13-16-14(15,10-17-13)9-8-12-6-4-3-5-7-12/h3-9H,1,10,15H2,2H3. The van der Waals surface area contributed by atoms with Crippen molar-refractivity contribution in [2.24, 2.45) is 10.7 Å². The molecule has 0 bridgehead atoms. The molecule has 17 heavy (non-hydrogen) atoms. The number of aliphatic imine (C=N–C) groups is 1. The molecule has 0 amide bonds. The molecule has 1 aliphatic heterocycles. The third kappa shape index (κ3) is 2.82. The van der Waals surface area contributed by atoms with E-state index in [2.05, 4.69) is 11.6 Å². The second kappa shape index (κ2) is 4.55. The Bertz CT molecular complexity index is 476. The Hall–Kier alpha value is -1.87.